The minimum atomic E-state index is -0.363. The molecule has 4 aromatic rings. The zero-order valence-electron chi connectivity index (χ0n) is 14.2. The third kappa shape index (κ3) is 2.80. The Bertz CT molecular complexity index is 1170. The average Bonchev–Trinajstić information content (AvgIpc) is 2.97. The van der Waals surface area contributed by atoms with E-state index in [1.165, 1.54) is 12.1 Å². The van der Waals surface area contributed by atoms with Crippen LogP contribution in [-0.2, 0) is 0 Å². The van der Waals surface area contributed by atoms with Crippen molar-refractivity contribution in [2.75, 3.05) is 5.75 Å². The molecule has 25 heavy (non-hydrogen) atoms. The summed E-state index contributed by atoms with van der Waals surface area (Å²) in [5, 5.41) is 3.42. The third-order valence-electron chi connectivity index (χ3n) is 4.06. The molecule has 0 bridgehead atoms. The van der Waals surface area contributed by atoms with Crippen LogP contribution < -0.4 is 5.56 Å². The Kier molecular flexibility index (Phi) is 3.61. The Morgan fingerprint density at radius 2 is 1.96 bits per heavy atom. The lowest BCUT2D eigenvalue weighted by molar-refractivity contribution is 0.480. The van der Waals surface area contributed by atoms with Gasteiger partial charge in [0.1, 0.15) is 5.82 Å². The molecule has 0 saturated heterocycles. The average molecular weight is 355 g/mol. The number of hydrogen-bond acceptors (Lipinski definition) is 3. The van der Waals surface area contributed by atoms with Crippen LogP contribution in [0.3, 0.4) is 0 Å². The van der Waals surface area contributed by atoms with Crippen molar-refractivity contribution in [3.8, 4) is 0 Å². The molecule has 0 aliphatic carbocycles. The molecule has 0 saturated carbocycles. The standard InChI is InChI=1S/C19H18FN3OS/c1-19(2,3)9-25-18-22-15-11-5-4-10(20)8-13(11)14-12(16(15)23-18)6-7-21-17(14)24/h4-8H,9H2,1-3H3,(H,21,24)(H,22,23). The monoisotopic (exact) mass is 355 g/mol. The van der Waals surface area contributed by atoms with Gasteiger partial charge in [-0.05, 0) is 29.7 Å². The van der Waals surface area contributed by atoms with Gasteiger partial charge in [-0.1, -0.05) is 32.5 Å². The van der Waals surface area contributed by atoms with Crippen molar-refractivity contribution >= 4 is 44.3 Å². The Balaban J connectivity index is 2.07. The molecule has 0 amide bonds. The first-order chi connectivity index (χ1) is 11.8. The second kappa shape index (κ2) is 5.59. The van der Waals surface area contributed by atoms with Crippen LogP contribution in [0.15, 0.2) is 40.4 Å². The number of halogens is 1. The van der Waals surface area contributed by atoms with Crippen LogP contribution in [0.1, 0.15) is 20.8 Å². The van der Waals surface area contributed by atoms with E-state index in [4.69, 9.17) is 4.98 Å². The number of aromatic amines is 2. The zero-order valence-corrected chi connectivity index (χ0v) is 15.1. The van der Waals surface area contributed by atoms with E-state index in [1.807, 2.05) is 6.07 Å². The summed E-state index contributed by atoms with van der Waals surface area (Å²) in [6.07, 6.45) is 1.60. The fourth-order valence-corrected chi connectivity index (χ4v) is 3.88. The van der Waals surface area contributed by atoms with Crippen LogP contribution in [0.25, 0.3) is 32.6 Å². The number of hydrogen-bond donors (Lipinski definition) is 2. The summed E-state index contributed by atoms with van der Waals surface area (Å²) in [7, 11) is 0. The number of imidazole rings is 1. The Morgan fingerprint density at radius 3 is 2.72 bits per heavy atom. The highest BCUT2D eigenvalue weighted by Crippen LogP contribution is 2.34. The highest BCUT2D eigenvalue weighted by molar-refractivity contribution is 7.99. The largest absolute Gasteiger partial charge is 0.332 e. The van der Waals surface area contributed by atoms with Crippen molar-refractivity contribution in [3.63, 3.8) is 0 Å². The fourth-order valence-electron chi connectivity index (χ4n) is 2.98. The molecule has 4 rings (SSSR count). The molecule has 0 aliphatic rings. The number of pyridine rings is 1. The van der Waals surface area contributed by atoms with Gasteiger partial charge in [0.25, 0.3) is 5.56 Å². The number of benzene rings is 2. The Hall–Kier alpha value is -2.34. The van der Waals surface area contributed by atoms with E-state index in [0.717, 1.165) is 32.7 Å². The topological polar surface area (TPSA) is 61.5 Å². The van der Waals surface area contributed by atoms with Crippen molar-refractivity contribution in [2.45, 2.75) is 25.9 Å². The van der Waals surface area contributed by atoms with Crippen molar-refractivity contribution in [3.05, 3.63) is 46.6 Å². The summed E-state index contributed by atoms with van der Waals surface area (Å²) in [5.74, 6) is 0.552. The molecule has 2 aromatic carbocycles. The Morgan fingerprint density at radius 1 is 1.16 bits per heavy atom. The van der Waals surface area contributed by atoms with Gasteiger partial charge in [-0.3, -0.25) is 4.79 Å². The molecule has 0 radical (unpaired) electrons. The van der Waals surface area contributed by atoms with Gasteiger partial charge in [-0.15, -0.1) is 0 Å². The van der Waals surface area contributed by atoms with Gasteiger partial charge < -0.3 is 9.97 Å². The molecule has 2 N–H and O–H groups in total. The van der Waals surface area contributed by atoms with Gasteiger partial charge in [-0.2, -0.15) is 0 Å². The number of fused-ring (bicyclic) bond motifs is 6. The van der Waals surface area contributed by atoms with Crippen LogP contribution in [-0.4, -0.2) is 20.7 Å². The summed E-state index contributed by atoms with van der Waals surface area (Å²) in [6.45, 7) is 6.53. The van der Waals surface area contributed by atoms with Crippen molar-refractivity contribution < 1.29 is 4.39 Å². The second-order valence-electron chi connectivity index (χ2n) is 7.40. The van der Waals surface area contributed by atoms with Crippen LogP contribution in [0.4, 0.5) is 4.39 Å². The molecule has 4 nitrogen and oxygen atoms in total. The van der Waals surface area contributed by atoms with E-state index in [-0.39, 0.29) is 16.8 Å². The molecule has 2 aromatic heterocycles. The van der Waals surface area contributed by atoms with Gasteiger partial charge in [0.15, 0.2) is 5.16 Å². The van der Waals surface area contributed by atoms with Gasteiger partial charge >= 0.3 is 0 Å². The first-order valence-electron chi connectivity index (χ1n) is 8.09. The van der Waals surface area contributed by atoms with Crippen LogP contribution in [0.5, 0.6) is 0 Å². The SMILES string of the molecule is CC(C)(C)CSc1nc2c3cc[nH]c(=O)c3c3cc(F)ccc3c2[nH]1. The number of rotatable bonds is 2. The normalized spacial score (nSPS) is 12.5. The van der Waals surface area contributed by atoms with Crippen LogP contribution >= 0.6 is 11.8 Å². The molecule has 0 spiro atoms. The summed E-state index contributed by atoms with van der Waals surface area (Å²) < 4.78 is 13.8. The first-order valence-corrected chi connectivity index (χ1v) is 9.07. The van der Waals surface area contributed by atoms with E-state index in [0.29, 0.717) is 10.8 Å². The van der Waals surface area contributed by atoms with E-state index in [1.54, 1.807) is 24.0 Å². The number of nitrogens with one attached hydrogen (secondary N) is 2. The molecule has 6 heteroatoms. The number of nitrogens with zero attached hydrogens (tertiary/aromatic N) is 1. The predicted octanol–water partition coefficient (Wildman–Crippen LogP) is 4.83. The molecular weight excluding hydrogens is 337 g/mol. The van der Waals surface area contributed by atoms with Gasteiger partial charge in [0.2, 0.25) is 0 Å². The summed E-state index contributed by atoms with van der Waals surface area (Å²) in [6, 6.07) is 6.35. The maximum absolute atomic E-state index is 13.8. The molecule has 0 aliphatic heterocycles. The Labute approximate surface area is 147 Å². The highest BCUT2D eigenvalue weighted by atomic mass is 32.2. The number of thioether (sulfide) groups is 1. The quantitative estimate of drug-likeness (QED) is 0.400. The summed E-state index contributed by atoms with van der Waals surface area (Å²) >= 11 is 1.65. The molecule has 0 unspecified atom stereocenters. The van der Waals surface area contributed by atoms with Crippen molar-refractivity contribution in [1.82, 2.24) is 15.0 Å². The minimum Gasteiger partial charge on any atom is -0.332 e. The van der Waals surface area contributed by atoms with Crippen LogP contribution in [0.2, 0.25) is 0 Å². The maximum atomic E-state index is 13.8. The lowest BCUT2D eigenvalue weighted by atomic mass is 10.0. The van der Waals surface area contributed by atoms with Crippen molar-refractivity contribution in [1.29, 1.82) is 0 Å². The van der Waals surface area contributed by atoms with E-state index in [9.17, 15) is 9.18 Å². The summed E-state index contributed by atoms with van der Waals surface area (Å²) in [4.78, 5) is 23.1. The molecule has 0 fully saturated rings. The summed E-state index contributed by atoms with van der Waals surface area (Å²) in [5.41, 5.74) is 1.52. The highest BCUT2D eigenvalue weighted by Gasteiger charge is 2.17. The van der Waals surface area contributed by atoms with E-state index < -0.39 is 0 Å². The first kappa shape index (κ1) is 16.1. The smallest absolute Gasteiger partial charge is 0.256 e. The molecule has 2 heterocycles. The predicted molar refractivity (Wildman–Crippen MR) is 102 cm³/mol. The number of H-pyrrole nitrogens is 2. The third-order valence-corrected chi connectivity index (χ3v) is 5.54. The lowest BCUT2D eigenvalue weighted by Gasteiger charge is -2.15. The van der Waals surface area contributed by atoms with Gasteiger partial charge in [0.05, 0.1) is 16.4 Å². The van der Waals surface area contributed by atoms with Crippen LogP contribution in [0, 0.1) is 11.2 Å². The zero-order chi connectivity index (χ0) is 17.8. The van der Waals surface area contributed by atoms with Gasteiger partial charge in [0, 0.05) is 28.1 Å². The molecular formula is C19H18FN3OS. The van der Waals surface area contributed by atoms with E-state index >= 15 is 0 Å². The maximum Gasteiger partial charge on any atom is 0.256 e. The minimum absolute atomic E-state index is 0.175. The number of aromatic nitrogens is 3. The molecule has 128 valence electrons. The molecule has 0 atom stereocenters. The van der Waals surface area contributed by atoms with E-state index in [2.05, 4.69) is 30.7 Å². The van der Waals surface area contributed by atoms with Gasteiger partial charge in [-0.25, -0.2) is 9.37 Å². The van der Waals surface area contributed by atoms with Crippen molar-refractivity contribution in [2.24, 2.45) is 5.41 Å². The lowest BCUT2D eigenvalue weighted by Crippen LogP contribution is -2.08. The fraction of sp³-hybridized carbons (Fsp3) is 0.263. The second-order valence-corrected chi connectivity index (χ2v) is 8.36.